The first-order valence-electron chi connectivity index (χ1n) is 5.69. The highest BCUT2D eigenvalue weighted by Gasteiger charge is 2.21. The standard InChI is InChI=1S/C12H22O2/c1-10(7-8-13)9-12(14)11-5-3-2-4-6-11/h11-14H,1-9H2. The smallest absolute Gasteiger partial charge is 0.0605 e. The van der Waals surface area contributed by atoms with Gasteiger partial charge < -0.3 is 10.2 Å². The maximum Gasteiger partial charge on any atom is 0.0605 e. The van der Waals surface area contributed by atoms with Crippen molar-refractivity contribution in [3.8, 4) is 0 Å². The van der Waals surface area contributed by atoms with Gasteiger partial charge in [0.05, 0.1) is 6.10 Å². The van der Waals surface area contributed by atoms with Crippen LogP contribution < -0.4 is 0 Å². The second-order valence-electron chi connectivity index (χ2n) is 4.39. The Hall–Kier alpha value is -0.340. The lowest BCUT2D eigenvalue weighted by Crippen LogP contribution is -2.23. The fourth-order valence-electron chi connectivity index (χ4n) is 2.24. The molecule has 0 aromatic heterocycles. The average Bonchev–Trinajstić information content (AvgIpc) is 2.19. The maximum atomic E-state index is 9.93. The Morgan fingerprint density at radius 1 is 1.29 bits per heavy atom. The average molecular weight is 198 g/mol. The summed E-state index contributed by atoms with van der Waals surface area (Å²) < 4.78 is 0. The maximum absolute atomic E-state index is 9.93. The number of rotatable bonds is 5. The van der Waals surface area contributed by atoms with Gasteiger partial charge in [0.2, 0.25) is 0 Å². The molecule has 0 saturated heterocycles. The molecule has 0 heterocycles. The van der Waals surface area contributed by atoms with Crippen molar-refractivity contribution < 1.29 is 10.2 Å². The van der Waals surface area contributed by atoms with Gasteiger partial charge in [-0.2, -0.15) is 0 Å². The SMILES string of the molecule is C=C(CCO)CC(O)C1CCCCC1. The van der Waals surface area contributed by atoms with Crippen LogP contribution in [0, 0.1) is 5.92 Å². The van der Waals surface area contributed by atoms with Crippen LogP contribution in [0.25, 0.3) is 0 Å². The zero-order chi connectivity index (χ0) is 10.4. The summed E-state index contributed by atoms with van der Waals surface area (Å²) >= 11 is 0. The molecular formula is C12H22O2. The molecule has 0 radical (unpaired) electrons. The number of hydrogen-bond acceptors (Lipinski definition) is 2. The summed E-state index contributed by atoms with van der Waals surface area (Å²) in [4.78, 5) is 0. The minimum absolute atomic E-state index is 0.149. The van der Waals surface area contributed by atoms with Crippen LogP contribution in [-0.4, -0.2) is 22.9 Å². The first kappa shape index (κ1) is 11.7. The largest absolute Gasteiger partial charge is 0.396 e. The highest BCUT2D eigenvalue weighted by atomic mass is 16.3. The van der Waals surface area contributed by atoms with E-state index in [1.54, 1.807) is 0 Å². The highest BCUT2D eigenvalue weighted by Crippen LogP contribution is 2.29. The monoisotopic (exact) mass is 198 g/mol. The van der Waals surface area contributed by atoms with Crippen LogP contribution in [0.2, 0.25) is 0 Å². The van der Waals surface area contributed by atoms with Crippen LogP contribution in [-0.2, 0) is 0 Å². The summed E-state index contributed by atoms with van der Waals surface area (Å²) in [7, 11) is 0. The molecule has 2 nitrogen and oxygen atoms in total. The second-order valence-corrected chi connectivity index (χ2v) is 4.39. The molecule has 1 aliphatic rings. The topological polar surface area (TPSA) is 40.5 Å². The normalized spacial score (nSPS) is 20.7. The predicted octanol–water partition coefficient (Wildman–Crippen LogP) is 2.26. The Morgan fingerprint density at radius 2 is 1.93 bits per heavy atom. The van der Waals surface area contributed by atoms with Gasteiger partial charge in [0.1, 0.15) is 0 Å². The molecule has 1 atom stereocenters. The van der Waals surface area contributed by atoms with Crippen LogP contribution in [0.15, 0.2) is 12.2 Å². The van der Waals surface area contributed by atoms with E-state index in [2.05, 4.69) is 6.58 Å². The fraction of sp³-hybridized carbons (Fsp3) is 0.833. The molecule has 0 bridgehead atoms. The van der Waals surface area contributed by atoms with Gasteiger partial charge >= 0.3 is 0 Å². The van der Waals surface area contributed by atoms with E-state index in [4.69, 9.17) is 5.11 Å². The summed E-state index contributed by atoms with van der Waals surface area (Å²) in [6.45, 7) is 4.01. The lowest BCUT2D eigenvalue weighted by molar-refractivity contribution is 0.0839. The summed E-state index contributed by atoms with van der Waals surface area (Å²) in [6.07, 6.45) is 7.23. The summed E-state index contributed by atoms with van der Waals surface area (Å²) in [5.41, 5.74) is 0.977. The molecule has 0 amide bonds. The number of aliphatic hydroxyl groups is 2. The Bertz CT molecular complexity index is 171. The van der Waals surface area contributed by atoms with Crippen molar-refractivity contribution in [1.82, 2.24) is 0 Å². The van der Waals surface area contributed by atoms with Crippen molar-refractivity contribution in [3.63, 3.8) is 0 Å². The Labute approximate surface area is 86.6 Å². The van der Waals surface area contributed by atoms with E-state index in [1.807, 2.05) is 0 Å². The molecular weight excluding hydrogens is 176 g/mol. The molecule has 14 heavy (non-hydrogen) atoms. The summed E-state index contributed by atoms with van der Waals surface area (Å²) in [5, 5.41) is 18.6. The minimum atomic E-state index is -0.227. The van der Waals surface area contributed by atoms with Crippen molar-refractivity contribution in [2.45, 2.75) is 51.0 Å². The molecule has 0 aromatic rings. The van der Waals surface area contributed by atoms with E-state index >= 15 is 0 Å². The molecule has 2 heteroatoms. The summed E-state index contributed by atoms with van der Waals surface area (Å²) in [6, 6.07) is 0. The van der Waals surface area contributed by atoms with E-state index in [1.165, 1.54) is 19.3 Å². The van der Waals surface area contributed by atoms with Crippen LogP contribution in [0.3, 0.4) is 0 Å². The molecule has 1 aliphatic carbocycles. The molecule has 1 rings (SSSR count). The molecule has 0 aliphatic heterocycles. The molecule has 1 fully saturated rings. The molecule has 82 valence electrons. The highest BCUT2D eigenvalue weighted by molar-refractivity contribution is 4.97. The van der Waals surface area contributed by atoms with Crippen molar-refractivity contribution in [2.24, 2.45) is 5.92 Å². The Balaban J connectivity index is 2.25. The number of hydrogen-bond donors (Lipinski definition) is 2. The molecule has 1 unspecified atom stereocenters. The zero-order valence-corrected chi connectivity index (χ0v) is 8.91. The first-order valence-corrected chi connectivity index (χ1v) is 5.69. The van der Waals surface area contributed by atoms with E-state index in [9.17, 15) is 5.11 Å². The van der Waals surface area contributed by atoms with Crippen molar-refractivity contribution >= 4 is 0 Å². The van der Waals surface area contributed by atoms with Gasteiger partial charge in [-0.1, -0.05) is 31.4 Å². The van der Waals surface area contributed by atoms with Crippen molar-refractivity contribution in [2.75, 3.05) is 6.61 Å². The fourth-order valence-corrected chi connectivity index (χ4v) is 2.24. The molecule has 0 spiro atoms. The van der Waals surface area contributed by atoms with Crippen LogP contribution in [0.4, 0.5) is 0 Å². The van der Waals surface area contributed by atoms with Gasteiger partial charge in [0.15, 0.2) is 0 Å². The van der Waals surface area contributed by atoms with Gasteiger partial charge in [-0.3, -0.25) is 0 Å². The van der Waals surface area contributed by atoms with Crippen LogP contribution in [0.1, 0.15) is 44.9 Å². The predicted molar refractivity (Wildman–Crippen MR) is 58.0 cm³/mol. The molecule has 2 N–H and O–H groups in total. The first-order chi connectivity index (χ1) is 6.74. The van der Waals surface area contributed by atoms with E-state index < -0.39 is 0 Å². The van der Waals surface area contributed by atoms with Crippen molar-refractivity contribution in [3.05, 3.63) is 12.2 Å². The Kier molecular flexibility index (Phi) is 5.20. The third-order valence-corrected chi connectivity index (χ3v) is 3.16. The zero-order valence-electron chi connectivity index (χ0n) is 8.91. The summed E-state index contributed by atoms with van der Waals surface area (Å²) in [5.74, 6) is 0.471. The van der Waals surface area contributed by atoms with Crippen LogP contribution >= 0.6 is 0 Å². The number of aliphatic hydroxyl groups excluding tert-OH is 2. The second kappa shape index (κ2) is 6.20. The van der Waals surface area contributed by atoms with Crippen molar-refractivity contribution in [1.29, 1.82) is 0 Å². The van der Waals surface area contributed by atoms with E-state index in [0.29, 0.717) is 18.8 Å². The van der Waals surface area contributed by atoms with Gasteiger partial charge in [0, 0.05) is 6.61 Å². The van der Waals surface area contributed by atoms with E-state index in [0.717, 1.165) is 18.4 Å². The van der Waals surface area contributed by atoms with Gasteiger partial charge in [-0.05, 0) is 31.6 Å². The van der Waals surface area contributed by atoms with Gasteiger partial charge in [-0.15, -0.1) is 0 Å². The molecule has 1 saturated carbocycles. The third kappa shape index (κ3) is 3.81. The van der Waals surface area contributed by atoms with Gasteiger partial charge in [-0.25, -0.2) is 0 Å². The quantitative estimate of drug-likeness (QED) is 0.665. The lowest BCUT2D eigenvalue weighted by Gasteiger charge is -2.27. The third-order valence-electron chi connectivity index (χ3n) is 3.16. The lowest BCUT2D eigenvalue weighted by atomic mass is 9.83. The van der Waals surface area contributed by atoms with Gasteiger partial charge in [0.25, 0.3) is 0 Å². The van der Waals surface area contributed by atoms with Crippen LogP contribution in [0.5, 0.6) is 0 Å². The molecule has 0 aromatic carbocycles. The van der Waals surface area contributed by atoms with E-state index in [-0.39, 0.29) is 12.7 Å². The minimum Gasteiger partial charge on any atom is -0.396 e. The Morgan fingerprint density at radius 3 is 2.50 bits per heavy atom.